The monoisotopic (exact) mass is 275 g/mol. The molecule has 2 rings (SSSR count). The van der Waals surface area contributed by atoms with Crippen molar-refractivity contribution in [2.45, 2.75) is 32.4 Å². The largest absolute Gasteiger partial charge is 0.393 e. The molecule has 0 saturated carbocycles. The highest BCUT2D eigenvalue weighted by atomic mass is 32.1. The second kappa shape index (κ2) is 7.43. The second-order valence-corrected chi connectivity index (χ2v) is 5.83. The zero-order valence-electron chi connectivity index (χ0n) is 11.3. The van der Waals surface area contributed by atoms with Crippen LogP contribution < -0.4 is 5.32 Å². The van der Waals surface area contributed by atoms with Crippen molar-refractivity contribution in [1.29, 1.82) is 0 Å². The van der Waals surface area contributed by atoms with Crippen LogP contribution in [0.5, 0.6) is 0 Å². The fraction of sp³-hybridized carbons (Fsp3) is 0.375. The van der Waals surface area contributed by atoms with Gasteiger partial charge in [0, 0.05) is 16.3 Å². The van der Waals surface area contributed by atoms with E-state index in [-0.39, 0.29) is 6.10 Å². The maximum absolute atomic E-state index is 9.47. The first-order valence-corrected chi connectivity index (χ1v) is 7.64. The number of hydrogen-bond donors (Lipinski definition) is 2. The van der Waals surface area contributed by atoms with E-state index >= 15 is 0 Å². The lowest BCUT2D eigenvalue weighted by atomic mass is 10.2. The molecule has 0 spiro atoms. The lowest BCUT2D eigenvalue weighted by molar-refractivity contribution is 0.160. The Balaban J connectivity index is 1.82. The molecular formula is C16H21NOS. The van der Waals surface area contributed by atoms with Crippen LogP contribution in [0.4, 0.5) is 0 Å². The maximum Gasteiger partial charge on any atom is 0.0549 e. The van der Waals surface area contributed by atoms with Crippen molar-refractivity contribution >= 4 is 11.3 Å². The quantitative estimate of drug-likeness (QED) is 0.756. The molecule has 2 aromatic rings. The van der Waals surface area contributed by atoms with Gasteiger partial charge in [0.25, 0.3) is 0 Å². The van der Waals surface area contributed by atoms with Crippen LogP contribution in [0, 0.1) is 0 Å². The van der Waals surface area contributed by atoms with Crippen molar-refractivity contribution in [2.75, 3.05) is 6.54 Å². The van der Waals surface area contributed by atoms with E-state index in [0.717, 1.165) is 25.9 Å². The number of hydrogen-bond acceptors (Lipinski definition) is 3. The van der Waals surface area contributed by atoms with Gasteiger partial charge >= 0.3 is 0 Å². The molecule has 0 aliphatic rings. The first-order chi connectivity index (χ1) is 9.29. The van der Waals surface area contributed by atoms with Crippen LogP contribution in [-0.4, -0.2) is 17.8 Å². The van der Waals surface area contributed by atoms with Gasteiger partial charge in [-0.25, -0.2) is 0 Å². The molecule has 2 N–H and O–H groups in total. The molecule has 0 saturated heterocycles. The first-order valence-electron chi connectivity index (χ1n) is 6.82. The van der Waals surface area contributed by atoms with Gasteiger partial charge in [-0.15, -0.1) is 11.3 Å². The summed E-state index contributed by atoms with van der Waals surface area (Å²) in [5.41, 5.74) is 1.28. The molecule has 0 aliphatic carbocycles. The zero-order chi connectivity index (χ0) is 13.5. The number of nitrogens with one attached hydrogen (secondary N) is 1. The van der Waals surface area contributed by atoms with Crippen molar-refractivity contribution in [1.82, 2.24) is 5.32 Å². The minimum Gasteiger partial charge on any atom is -0.393 e. The molecular weight excluding hydrogens is 254 g/mol. The number of benzene rings is 1. The molecule has 2 nitrogen and oxygen atoms in total. The predicted octanol–water partition coefficient (Wildman–Crippen LogP) is 3.67. The third kappa shape index (κ3) is 4.46. The average Bonchev–Trinajstić information content (AvgIpc) is 2.93. The Morgan fingerprint density at radius 1 is 1.16 bits per heavy atom. The van der Waals surface area contributed by atoms with Crippen molar-refractivity contribution in [3.63, 3.8) is 0 Å². The van der Waals surface area contributed by atoms with Crippen molar-refractivity contribution < 1.29 is 5.11 Å². The Hall–Kier alpha value is -1.16. The van der Waals surface area contributed by atoms with Gasteiger partial charge in [-0.05, 0) is 37.1 Å². The van der Waals surface area contributed by atoms with Crippen molar-refractivity contribution in [3.05, 3.63) is 47.3 Å². The molecule has 0 fully saturated rings. The molecule has 0 radical (unpaired) electrons. The zero-order valence-corrected chi connectivity index (χ0v) is 12.1. The first kappa shape index (κ1) is 14.3. The highest BCUT2D eigenvalue weighted by Crippen LogP contribution is 2.27. The Morgan fingerprint density at radius 2 is 1.95 bits per heavy atom. The van der Waals surface area contributed by atoms with Crippen molar-refractivity contribution in [2.24, 2.45) is 0 Å². The molecule has 102 valence electrons. The number of aliphatic hydroxyl groups excluding tert-OH is 1. The topological polar surface area (TPSA) is 32.3 Å². The molecule has 3 heteroatoms. The van der Waals surface area contributed by atoms with E-state index in [1.165, 1.54) is 15.3 Å². The van der Waals surface area contributed by atoms with Gasteiger partial charge < -0.3 is 10.4 Å². The van der Waals surface area contributed by atoms with Crippen LogP contribution in [-0.2, 0) is 6.54 Å². The standard InChI is InChI=1S/C16H21NOS/c1-2-14(18)10-11-17-12-15-8-9-16(19-15)13-6-4-3-5-7-13/h3-9,14,17-18H,2,10-12H2,1H3. The van der Waals surface area contributed by atoms with Crippen LogP contribution in [0.15, 0.2) is 42.5 Å². The molecule has 0 amide bonds. The van der Waals surface area contributed by atoms with Crippen LogP contribution in [0.25, 0.3) is 10.4 Å². The summed E-state index contributed by atoms with van der Waals surface area (Å²) in [6.07, 6.45) is 1.49. The number of thiophene rings is 1. The Bertz CT molecular complexity index is 481. The fourth-order valence-electron chi connectivity index (χ4n) is 1.91. The molecule has 0 bridgehead atoms. The van der Waals surface area contributed by atoms with E-state index in [2.05, 4.69) is 41.7 Å². The molecule has 1 atom stereocenters. The van der Waals surface area contributed by atoms with Gasteiger partial charge in [0.2, 0.25) is 0 Å². The summed E-state index contributed by atoms with van der Waals surface area (Å²) in [5.74, 6) is 0. The molecule has 1 aromatic heterocycles. The lowest BCUT2D eigenvalue weighted by Gasteiger charge is -2.07. The minimum absolute atomic E-state index is 0.171. The van der Waals surface area contributed by atoms with E-state index in [1.807, 2.05) is 24.3 Å². The number of rotatable bonds is 7. The van der Waals surface area contributed by atoms with E-state index < -0.39 is 0 Å². The predicted molar refractivity (Wildman–Crippen MR) is 82.4 cm³/mol. The van der Waals surface area contributed by atoms with Gasteiger partial charge in [-0.3, -0.25) is 0 Å². The molecule has 19 heavy (non-hydrogen) atoms. The van der Waals surface area contributed by atoms with Gasteiger partial charge in [-0.2, -0.15) is 0 Å². The average molecular weight is 275 g/mol. The minimum atomic E-state index is -0.171. The Labute approximate surface area is 119 Å². The van der Waals surface area contributed by atoms with E-state index in [9.17, 15) is 5.11 Å². The van der Waals surface area contributed by atoms with Crippen LogP contribution in [0.1, 0.15) is 24.6 Å². The van der Waals surface area contributed by atoms with Crippen molar-refractivity contribution in [3.8, 4) is 10.4 Å². The van der Waals surface area contributed by atoms with Crippen LogP contribution >= 0.6 is 11.3 Å². The highest BCUT2D eigenvalue weighted by molar-refractivity contribution is 7.15. The molecule has 0 aliphatic heterocycles. The lowest BCUT2D eigenvalue weighted by Crippen LogP contribution is -2.19. The SMILES string of the molecule is CCC(O)CCNCc1ccc(-c2ccccc2)s1. The second-order valence-electron chi connectivity index (χ2n) is 4.66. The third-order valence-corrected chi connectivity index (χ3v) is 4.28. The molecule has 1 heterocycles. The maximum atomic E-state index is 9.47. The summed E-state index contributed by atoms with van der Waals surface area (Å²) >= 11 is 1.83. The van der Waals surface area contributed by atoms with Gasteiger partial charge in [0.05, 0.1) is 6.10 Å². The molecule has 1 aromatic carbocycles. The fourth-order valence-corrected chi connectivity index (χ4v) is 2.90. The summed E-state index contributed by atoms with van der Waals surface area (Å²) in [6.45, 7) is 3.76. The summed E-state index contributed by atoms with van der Waals surface area (Å²) in [7, 11) is 0. The summed E-state index contributed by atoms with van der Waals surface area (Å²) in [5, 5.41) is 12.9. The van der Waals surface area contributed by atoms with E-state index in [4.69, 9.17) is 0 Å². The summed E-state index contributed by atoms with van der Waals surface area (Å²) < 4.78 is 0. The summed E-state index contributed by atoms with van der Waals surface area (Å²) in [4.78, 5) is 2.65. The normalized spacial score (nSPS) is 12.5. The smallest absolute Gasteiger partial charge is 0.0549 e. The van der Waals surface area contributed by atoms with Gasteiger partial charge in [0.15, 0.2) is 0 Å². The molecule has 1 unspecified atom stereocenters. The third-order valence-electron chi connectivity index (χ3n) is 3.14. The van der Waals surface area contributed by atoms with Gasteiger partial charge in [-0.1, -0.05) is 37.3 Å². The van der Waals surface area contributed by atoms with E-state index in [1.54, 1.807) is 0 Å². The van der Waals surface area contributed by atoms with Crippen LogP contribution in [0.2, 0.25) is 0 Å². The Morgan fingerprint density at radius 3 is 2.68 bits per heavy atom. The summed E-state index contributed by atoms with van der Waals surface area (Å²) in [6, 6.07) is 14.8. The van der Waals surface area contributed by atoms with Crippen LogP contribution in [0.3, 0.4) is 0 Å². The van der Waals surface area contributed by atoms with Gasteiger partial charge in [0.1, 0.15) is 0 Å². The number of aliphatic hydroxyl groups is 1. The van der Waals surface area contributed by atoms with E-state index in [0.29, 0.717) is 0 Å². The Kier molecular flexibility index (Phi) is 5.58. The highest BCUT2D eigenvalue weighted by Gasteiger charge is 2.03.